The van der Waals surface area contributed by atoms with Gasteiger partial charge in [-0.2, -0.15) is 0 Å². The Kier molecular flexibility index (Phi) is 8.49. The van der Waals surface area contributed by atoms with Crippen LogP contribution in [0.1, 0.15) is 60.3 Å². The van der Waals surface area contributed by atoms with Crippen LogP contribution >= 0.6 is 0 Å². The van der Waals surface area contributed by atoms with E-state index in [1.807, 2.05) is 12.1 Å². The second-order valence-electron chi connectivity index (χ2n) is 8.53. The van der Waals surface area contributed by atoms with Crippen molar-refractivity contribution in [3.63, 3.8) is 0 Å². The highest BCUT2D eigenvalue weighted by Gasteiger charge is 2.42. The zero-order valence-electron chi connectivity index (χ0n) is 18.1. The topological polar surface area (TPSA) is 49.9 Å². The fourth-order valence-electron chi connectivity index (χ4n) is 3.36. The van der Waals surface area contributed by atoms with Gasteiger partial charge < -0.3 is 4.74 Å². The number of carbonyl (C=O) groups excluding carboxylic acids is 2. The van der Waals surface area contributed by atoms with E-state index < -0.39 is 0 Å². The van der Waals surface area contributed by atoms with E-state index in [0.29, 0.717) is 24.1 Å². The Morgan fingerprint density at radius 3 is 2.11 bits per heavy atom. The quantitative estimate of drug-likeness (QED) is 0.524. The van der Waals surface area contributed by atoms with Gasteiger partial charge in [-0.15, -0.1) is 0 Å². The van der Waals surface area contributed by atoms with Gasteiger partial charge in [0.15, 0.2) is 0 Å². The molecule has 0 bridgehead atoms. The zero-order chi connectivity index (χ0) is 20.7. The first-order chi connectivity index (χ1) is 13.3. The first-order valence-electron chi connectivity index (χ1n) is 10.7. The standard InChI is InChI=1S/C23H36N2O3/c1-6-15-28-20-9-7-19(8-10-20)25-22(26)16-21(23(25)27)24(13-11-17(2)3)14-12-18(4)5/h7-10,17-18,21H,6,11-16H2,1-5H3/t21-/m1/s1. The van der Waals surface area contributed by atoms with Gasteiger partial charge in [0.25, 0.3) is 5.91 Å². The number of amides is 2. The summed E-state index contributed by atoms with van der Waals surface area (Å²) in [6, 6.07) is 6.91. The SMILES string of the molecule is CCCOc1ccc(N2C(=O)C[C@@H](N(CCC(C)C)CCC(C)C)C2=O)cc1. The molecule has 2 amide bonds. The minimum Gasteiger partial charge on any atom is -0.494 e. The highest BCUT2D eigenvalue weighted by atomic mass is 16.5. The molecule has 1 heterocycles. The maximum absolute atomic E-state index is 13.1. The smallest absolute Gasteiger partial charge is 0.251 e. The van der Waals surface area contributed by atoms with Crippen LogP contribution in [-0.4, -0.2) is 42.5 Å². The summed E-state index contributed by atoms with van der Waals surface area (Å²) in [7, 11) is 0. The minimum absolute atomic E-state index is 0.0975. The summed E-state index contributed by atoms with van der Waals surface area (Å²) in [5, 5.41) is 0. The van der Waals surface area contributed by atoms with E-state index in [2.05, 4.69) is 39.5 Å². The lowest BCUT2D eigenvalue weighted by molar-refractivity contribution is -0.123. The Bertz CT molecular complexity index is 628. The van der Waals surface area contributed by atoms with E-state index in [1.165, 1.54) is 4.90 Å². The van der Waals surface area contributed by atoms with E-state index in [9.17, 15) is 9.59 Å². The van der Waals surface area contributed by atoms with E-state index >= 15 is 0 Å². The van der Waals surface area contributed by atoms with Gasteiger partial charge in [-0.05, 0) is 68.5 Å². The molecule has 1 aromatic rings. The van der Waals surface area contributed by atoms with Crippen molar-refractivity contribution in [1.82, 2.24) is 4.90 Å². The molecule has 1 aliphatic heterocycles. The third-order valence-corrected chi connectivity index (χ3v) is 5.12. The number of carbonyl (C=O) groups is 2. The van der Waals surface area contributed by atoms with Crippen LogP contribution in [0.4, 0.5) is 5.69 Å². The molecule has 1 saturated heterocycles. The van der Waals surface area contributed by atoms with Crippen molar-refractivity contribution in [3.8, 4) is 5.75 Å². The van der Waals surface area contributed by atoms with E-state index in [1.54, 1.807) is 12.1 Å². The monoisotopic (exact) mass is 388 g/mol. The number of hydrogen-bond acceptors (Lipinski definition) is 4. The van der Waals surface area contributed by atoms with Crippen LogP contribution in [0.5, 0.6) is 5.75 Å². The van der Waals surface area contributed by atoms with Gasteiger partial charge in [-0.1, -0.05) is 34.6 Å². The average molecular weight is 389 g/mol. The first-order valence-corrected chi connectivity index (χ1v) is 10.7. The Morgan fingerprint density at radius 2 is 1.61 bits per heavy atom. The molecule has 0 N–H and O–H groups in total. The molecule has 0 spiro atoms. The summed E-state index contributed by atoms with van der Waals surface area (Å²) in [6.45, 7) is 13.2. The summed E-state index contributed by atoms with van der Waals surface area (Å²) >= 11 is 0. The van der Waals surface area contributed by atoms with Crippen molar-refractivity contribution in [2.24, 2.45) is 11.8 Å². The molecular formula is C23H36N2O3. The Hall–Kier alpha value is -1.88. The number of benzene rings is 1. The maximum atomic E-state index is 13.1. The van der Waals surface area contributed by atoms with Gasteiger partial charge in [-0.3, -0.25) is 14.5 Å². The van der Waals surface area contributed by atoms with Gasteiger partial charge in [0.2, 0.25) is 5.91 Å². The molecule has 0 aliphatic carbocycles. The predicted octanol–water partition coefficient (Wildman–Crippen LogP) is 4.50. The van der Waals surface area contributed by atoms with Crippen molar-refractivity contribution in [2.45, 2.75) is 66.3 Å². The summed E-state index contributed by atoms with van der Waals surface area (Å²) in [5.41, 5.74) is 0.633. The minimum atomic E-state index is -0.346. The van der Waals surface area contributed by atoms with Crippen LogP contribution in [0, 0.1) is 11.8 Å². The van der Waals surface area contributed by atoms with Gasteiger partial charge in [-0.25, -0.2) is 4.90 Å². The molecule has 0 aromatic heterocycles. The lowest BCUT2D eigenvalue weighted by atomic mass is 10.1. The van der Waals surface area contributed by atoms with Crippen LogP contribution in [0.2, 0.25) is 0 Å². The van der Waals surface area contributed by atoms with Crippen LogP contribution in [0.25, 0.3) is 0 Å². The third-order valence-electron chi connectivity index (χ3n) is 5.12. The molecule has 0 radical (unpaired) electrons. The van der Waals surface area contributed by atoms with Gasteiger partial charge in [0, 0.05) is 0 Å². The number of ether oxygens (including phenoxy) is 1. The van der Waals surface area contributed by atoms with Gasteiger partial charge >= 0.3 is 0 Å². The molecular weight excluding hydrogens is 352 g/mol. The third kappa shape index (κ3) is 6.06. The Labute approximate surface area is 170 Å². The molecule has 1 aliphatic rings. The number of nitrogens with zero attached hydrogens (tertiary/aromatic N) is 2. The van der Waals surface area contributed by atoms with E-state index in [0.717, 1.165) is 38.1 Å². The molecule has 0 saturated carbocycles. The molecule has 156 valence electrons. The summed E-state index contributed by atoms with van der Waals surface area (Å²) in [5.74, 6) is 1.69. The fraction of sp³-hybridized carbons (Fsp3) is 0.652. The molecule has 5 heteroatoms. The molecule has 28 heavy (non-hydrogen) atoms. The highest BCUT2D eigenvalue weighted by molar-refractivity contribution is 6.22. The van der Waals surface area contributed by atoms with Crippen LogP contribution in [0.15, 0.2) is 24.3 Å². The van der Waals surface area contributed by atoms with Crippen LogP contribution < -0.4 is 9.64 Å². The van der Waals surface area contributed by atoms with Crippen molar-refractivity contribution >= 4 is 17.5 Å². The highest BCUT2D eigenvalue weighted by Crippen LogP contribution is 2.28. The molecule has 1 fully saturated rings. The lowest BCUT2D eigenvalue weighted by Gasteiger charge is -2.28. The Balaban J connectivity index is 2.12. The zero-order valence-corrected chi connectivity index (χ0v) is 18.1. The summed E-state index contributed by atoms with van der Waals surface area (Å²) < 4.78 is 5.60. The first kappa shape index (κ1) is 22.4. The molecule has 1 aromatic carbocycles. The van der Waals surface area contributed by atoms with Gasteiger partial charge in [0.05, 0.1) is 24.8 Å². The molecule has 5 nitrogen and oxygen atoms in total. The predicted molar refractivity (Wildman–Crippen MR) is 114 cm³/mol. The average Bonchev–Trinajstić information content (AvgIpc) is 2.94. The lowest BCUT2D eigenvalue weighted by Crippen LogP contribution is -2.43. The normalized spacial score (nSPS) is 17.4. The molecule has 1 atom stereocenters. The van der Waals surface area contributed by atoms with Crippen molar-refractivity contribution in [3.05, 3.63) is 24.3 Å². The fourth-order valence-corrected chi connectivity index (χ4v) is 3.36. The van der Waals surface area contributed by atoms with Crippen molar-refractivity contribution in [1.29, 1.82) is 0 Å². The maximum Gasteiger partial charge on any atom is 0.251 e. The number of imide groups is 1. The van der Waals surface area contributed by atoms with Crippen LogP contribution in [-0.2, 0) is 9.59 Å². The molecule has 2 rings (SSSR count). The van der Waals surface area contributed by atoms with Crippen LogP contribution in [0.3, 0.4) is 0 Å². The number of anilines is 1. The largest absolute Gasteiger partial charge is 0.494 e. The number of rotatable bonds is 11. The van der Waals surface area contributed by atoms with Crippen molar-refractivity contribution in [2.75, 3.05) is 24.6 Å². The second kappa shape index (κ2) is 10.6. The van der Waals surface area contributed by atoms with Gasteiger partial charge in [0.1, 0.15) is 5.75 Å². The molecule has 0 unspecified atom stereocenters. The number of hydrogen-bond donors (Lipinski definition) is 0. The van der Waals surface area contributed by atoms with Crippen molar-refractivity contribution < 1.29 is 14.3 Å². The van der Waals surface area contributed by atoms with E-state index in [-0.39, 0.29) is 24.3 Å². The Morgan fingerprint density at radius 1 is 1.04 bits per heavy atom. The summed E-state index contributed by atoms with van der Waals surface area (Å²) in [4.78, 5) is 29.4. The van der Waals surface area contributed by atoms with E-state index in [4.69, 9.17) is 4.74 Å². The second-order valence-corrected chi connectivity index (χ2v) is 8.53. The summed E-state index contributed by atoms with van der Waals surface area (Å²) in [6.07, 6.45) is 3.26.